The van der Waals surface area contributed by atoms with E-state index in [0.29, 0.717) is 0 Å². The monoisotopic (exact) mass is 244 g/mol. The number of allylic oxidation sites excluding steroid dienone is 2. The summed E-state index contributed by atoms with van der Waals surface area (Å²) in [6, 6.07) is 0. The lowest BCUT2D eigenvalue weighted by molar-refractivity contribution is -0.132. The van der Waals surface area contributed by atoms with E-state index in [1.807, 2.05) is 0 Å². The molecule has 0 radical (unpaired) electrons. The average Bonchev–Trinajstić information content (AvgIpc) is 2.27. The minimum atomic E-state index is -1.18. The van der Waals surface area contributed by atoms with Crippen molar-refractivity contribution in [2.24, 2.45) is 11.3 Å². The standard InChI is InChI=1S/C11H16O6/c1-11(6-12,7-13)8(2-4-9(14)15)3-5-10(16)17/h2-5,8,12-13H,6-7H2,1H3,(H,14,15)(H,16,17). The molecule has 17 heavy (non-hydrogen) atoms. The maximum absolute atomic E-state index is 10.4. The minimum absolute atomic E-state index is 0.401. The van der Waals surface area contributed by atoms with E-state index >= 15 is 0 Å². The molecule has 6 nitrogen and oxygen atoms in total. The number of aliphatic hydroxyl groups excluding tert-OH is 2. The van der Waals surface area contributed by atoms with Crippen LogP contribution in [0.5, 0.6) is 0 Å². The Bertz CT molecular complexity index is 303. The zero-order valence-electron chi connectivity index (χ0n) is 9.41. The van der Waals surface area contributed by atoms with Crippen LogP contribution in [0.1, 0.15) is 6.92 Å². The fourth-order valence-corrected chi connectivity index (χ4v) is 1.16. The molecule has 0 aromatic heterocycles. The van der Waals surface area contributed by atoms with Crippen LogP contribution in [0.3, 0.4) is 0 Å². The first-order valence-electron chi connectivity index (χ1n) is 4.89. The van der Waals surface area contributed by atoms with E-state index in [4.69, 9.17) is 20.4 Å². The van der Waals surface area contributed by atoms with Crippen molar-refractivity contribution < 1.29 is 30.0 Å². The van der Waals surface area contributed by atoms with Crippen molar-refractivity contribution in [3.05, 3.63) is 24.3 Å². The quantitative estimate of drug-likeness (QED) is 0.464. The molecule has 0 aromatic carbocycles. The maximum atomic E-state index is 10.4. The van der Waals surface area contributed by atoms with Crippen LogP contribution in [-0.4, -0.2) is 45.6 Å². The van der Waals surface area contributed by atoms with E-state index in [1.54, 1.807) is 0 Å². The van der Waals surface area contributed by atoms with Crippen molar-refractivity contribution in [3.63, 3.8) is 0 Å². The van der Waals surface area contributed by atoms with Gasteiger partial charge in [-0.15, -0.1) is 0 Å². The molecule has 0 aromatic rings. The Morgan fingerprint density at radius 3 is 1.65 bits per heavy atom. The van der Waals surface area contributed by atoms with E-state index < -0.39 is 36.5 Å². The highest BCUT2D eigenvalue weighted by Crippen LogP contribution is 2.28. The van der Waals surface area contributed by atoms with Gasteiger partial charge in [0, 0.05) is 23.5 Å². The predicted octanol–water partition coefficient (Wildman–Crippen LogP) is -0.125. The van der Waals surface area contributed by atoms with E-state index in [9.17, 15) is 9.59 Å². The lowest BCUT2D eigenvalue weighted by Crippen LogP contribution is -2.33. The molecule has 0 spiro atoms. The molecule has 0 aliphatic rings. The lowest BCUT2D eigenvalue weighted by Gasteiger charge is -2.30. The van der Waals surface area contributed by atoms with Gasteiger partial charge in [-0.1, -0.05) is 19.1 Å². The number of aliphatic hydroxyl groups is 2. The summed E-state index contributed by atoms with van der Waals surface area (Å²) < 4.78 is 0. The van der Waals surface area contributed by atoms with Crippen molar-refractivity contribution in [3.8, 4) is 0 Å². The van der Waals surface area contributed by atoms with Crippen LogP contribution in [0.4, 0.5) is 0 Å². The van der Waals surface area contributed by atoms with Crippen LogP contribution >= 0.6 is 0 Å². The highest BCUT2D eigenvalue weighted by Gasteiger charge is 2.30. The molecule has 0 bridgehead atoms. The molecular weight excluding hydrogens is 228 g/mol. The minimum Gasteiger partial charge on any atom is -0.478 e. The first-order valence-corrected chi connectivity index (χ1v) is 4.89. The summed E-state index contributed by atoms with van der Waals surface area (Å²) in [6.07, 6.45) is 4.16. The van der Waals surface area contributed by atoms with E-state index in [-0.39, 0.29) is 0 Å². The number of aliphatic carboxylic acids is 2. The lowest BCUT2D eigenvalue weighted by atomic mass is 9.78. The number of carbonyl (C=O) groups is 2. The summed E-state index contributed by atoms with van der Waals surface area (Å²) >= 11 is 0. The van der Waals surface area contributed by atoms with Crippen molar-refractivity contribution in [2.45, 2.75) is 6.92 Å². The number of rotatable bonds is 7. The second-order valence-corrected chi connectivity index (χ2v) is 3.89. The SMILES string of the molecule is CC(CO)(CO)C(C=CC(=O)O)C=CC(=O)O. The molecule has 0 rings (SSSR count). The van der Waals surface area contributed by atoms with Gasteiger partial charge in [0.2, 0.25) is 0 Å². The summed E-state index contributed by atoms with van der Waals surface area (Å²) in [5.41, 5.74) is -1.02. The topological polar surface area (TPSA) is 115 Å². The maximum Gasteiger partial charge on any atom is 0.327 e. The average molecular weight is 244 g/mol. The van der Waals surface area contributed by atoms with Crippen LogP contribution in [-0.2, 0) is 9.59 Å². The van der Waals surface area contributed by atoms with Crippen LogP contribution in [0, 0.1) is 11.3 Å². The van der Waals surface area contributed by atoms with Crippen molar-refractivity contribution in [1.82, 2.24) is 0 Å². The Morgan fingerprint density at radius 2 is 1.41 bits per heavy atom. The molecule has 0 unspecified atom stereocenters. The molecule has 96 valence electrons. The first kappa shape index (κ1) is 15.3. The molecule has 0 amide bonds. The molecule has 0 fully saturated rings. The van der Waals surface area contributed by atoms with E-state index in [1.165, 1.54) is 19.1 Å². The summed E-state index contributed by atoms with van der Waals surface area (Å²) in [5, 5.41) is 35.3. The van der Waals surface area contributed by atoms with Gasteiger partial charge in [0.1, 0.15) is 0 Å². The zero-order valence-corrected chi connectivity index (χ0v) is 9.41. The molecular formula is C11H16O6. The second-order valence-electron chi connectivity index (χ2n) is 3.89. The van der Waals surface area contributed by atoms with Gasteiger partial charge in [-0.25, -0.2) is 9.59 Å². The van der Waals surface area contributed by atoms with E-state index in [2.05, 4.69) is 0 Å². The summed E-state index contributed by atoms with van der Waals surface area (Å²) in [4.78, 5) is 20.8. The third-order valence-electron chi connectivity index (χ3n) is 2.42. The third kappa shape index (κ3) is 5.28. The van der Waals surface area contributed by atoms with Gasteiger partial charge >= 0.3 is 11.9 Å². The third-order valence-corrected chi connectivity index (χ3v) is 2.42. The Morgan fingerprint density at radius 1 is 1.06 bits per heavy atom. The number of carboxylic acids is 2. The highest BCUT2D eigenvalue weighted by molar-refractivity contribution is 5.80. The molecule has 4 N–H and O–H groups in total. The van der Waals surface area contributed by atoms with Crippen molar-refractivity contribution in [2.75, 3.05) is 13.2 Å². The second kappa shape index (κ2) is 6.82. The van der Waals surface area contributed by atoms with Gasteiger partial charge in [-0.3, -0.25) is 0 Å². The van der Waals surface area contributed by atoms with Gasteiger partial charge in [-0.2, -0.15) is 0 Å². The van der Waals surface area contributed by atoms with Crippen molar-refractivity contribution >= 4 is 11.9 Å². The largest absolute Gasteiger partial charge is 0.478 e. The summed E-state index contributed by atoms with van der Waals surface area (Å²) in [7, 11) is 0. The molecule has 0 aliphatic carbocycles. The first-order chi connectivity index (χ1) is 7.85. The number of carboxylic acid groups (broad SMARTS) is 2. The predicted molar refractivity (Wildman–Crippen MR) is 59.3 cm³/mol. The fraction of sp³-hybridized carbons (Fsp3) is 0.455. The zero-order chi connectivity index (χ0) is 13.5. The van der Waals surface area contributed by atoms with Gasteiger partial charge in [-0.05, 0) is 0 Å². The fourth-order valence-electron chi connectivity index (χ4n) is 1.16. The summed E-state index contributed by atoms with van der Waals surface area (Å²) in [6.45, 7) is 0.722. The molecule has 0 heterocycles. The number of hydrogen-bond acceptors (Lipinski definition) is 4. The molecule has 6 heteroatoms. The smallest absolute Gasteiger partial charge is 0.327 e. The van der Waals surface area contributed by atoms with Crippen molar-refractivity contribution in [1.29, 1.82) is 0 Å². The van der Waals surface area contributed by atoms with Crippen LogP contribution in [0.15, 0.2) is 24.3 Å². The van der Waals surface area contributed by atoms with Crippen LogP contribution in [0.2, 0.25) is 0 Å². The van der Waals surface area contributed by atoms with Crippen LogP contribution in [0.25, 0.3) is 0 Å². The van der Waals surface area contributed by atoms with Gasteiger partial charge < -0.3 is 20.4 Å². The molecule has 0 aliphatic heterocycles. The normalized spacial score (nSPS) is 14.3. The molecule has 0 atom stereocenters. The Kier molecular flexibility index (Phi) is 6.16. The van der Waals surface area contributed by atoms with Gasteiger partial charge in [0.15, 0.2) is 0 Å². The molecule has 0 saturated heterocycles. The Balaban J connectivity index is 5.09. The van der Waals surface area contributed by atoms with Gasteiger partial charge in [0.25, 0.3) is 0 Å². The summed E-state index contributed by atoms with van der Waals surface area (Å²) in [5.74, 6) is -3.06. The Labute approximate surface area is 98.5 Å². The number of hydrogen-bond donors (Lipinski definition) is 4. The Hall–Kier alpha value is -1.66. The van der Waals surface area contributed by atoms with Crippen LogP contribution < -0.4 is 0 Å². The van der Waals surface area contributed by atoms with Gasteiger partial charge in [0.05, 0.1) is 13.2 Å². The van der Waals surface area contributed by atoms with E-state index in [0.717, 1.165) is 12.2 Å². The molecule has 0 saturated carbocycles. The highest BCUT2D eigenvalue weighted by atomic mass is 16.4.